The molecule has 168 valence electrons. The summed E-state index contributed by atoms with van der Waals surface area (Å²) in [5, 5.41) is 13.8. The smallest absolute Gasteiger partial charge is 0.272 e. The third kappa shape index (κ3) is 4.30. The number of ether oxygens (including phenoxy) is 2. The molecular formula is C21H23N5O4S2. The number of methoxy groups -OCH3 is 2. The number of hydrogen-bond donors (Lipinski definition) is 1. The molecule has 0 aliphatic rings. The Balaban J connectivity index is 1.60. The van der Waals surface area contributed by atoms with Crippen LogP contribution in [-0.4, -0.2) is 45.0 Å². The van der Waals surface area contributed by atoms with Crippen LogP contribution >= 0.6 is 23.1 Å². The number of anilines is 1. The van der Waals surface area contributed by atoms with Gasteiger partial charge in [0.1, 0.15) is 16.2 Å². The zero-order chi connectivity index (χ0) is 22.8. The first-order valence-corrected chi connectivity index (χ1v) is 11.8. The summed E-state index contributed by atoms with van der Waals surface area (Å²) in [5.41, 5.74) is 1.26. The van der Waals surface area contributed by atoms with Crippen molar-refractivity contribution < 1.29 is 14.3 Å². The Labute approximate surface area is 192 Å². The van der Waals surface area contributed by atoms with Crippen molar-refractivity contribution in [1.29, 1.82) is 0 Å². The number of benzene rings is 1. The maximum Gasteiger partial charge on any atom is 0.272 e. The number of nitrogens with zero attached hydrogens (tertiary/aromatic N) is 4. The molecule has 11 heteroatoms. The molecule has 3 aromatic heterocycles. The highest BCUT2D eigenvalue weighted by Crippen LogP contribution is 2.27. The minimum atomic E-state index is -0.209. The number of rotatable bonds is 8. The number of amides is 1. The van der Waals surface area contributed by atoms with Gasteiger partial charge in [0.15, 0.2) is 5.16 Å². The zero-order valence-corrected chi connectivity index (χ0v) is 19.7. The SMILES string of the molecule is COc1cc(NC(=O)CSc2nnc3n(CC(C)C)c(=O)c4sccc4n23)cc(OC)c1. The number of carbonyl (C=O) groups excluding carboxylic acids is 1. The van der Waals surface area contributed by atoms with Crippen molar-refractivity contribution in [2.24, 2.45) is 5.92 Å². The number of hydrogen-bond acceptors (Lipinski definition) is 8. The van der Waals surface area contributed by atoms with Crippen LogP contribution in [-0.2, 0) is 11.3 Å². The fraction of sp³-hybridized carbons (Fsp3) is 0.333. The lowest BCUT2D eigenvalue weighted by Crippen LogP contribution is -2.24. The van der Waals surface area contributed by atoms with Crippen LogP contribution in [0.5, 0.6) is 11.5 Å². The first kappa shape index (κ1) is 22.2. The molecule has 0 aliphatic carbocycles. The molecule has 0 radical (unpaired) electrons. The first-order chi connectivity index (χ1) is 15.4. The van der Waals surface area contributed by atoms with E-state index >= 15 is 0 Å². The Morgan fingerprint density at radius 1 is 1.19 bits per heavy atom. The third-order valence-corrected chi connectivity index (χ3v) is 6.52. The number of thiophene rings is 1. The molecule has 0 unspecified atom stereocenters. The van der Waals surface area contributed by atoms with Gasteiger partial charge in [-0.05, 0) is 17.4 Å². The predicted molar refractivity (Wildman–Crippen MR) is 126 cm³/mol. The summed E-state index contributed by atoms with van der Waals surface area (Å²) in [5.74, 6) is 1.83. The Morgan fingerprint density at radius 2 is 1.91 bits per heavy atom. The number of carbonyl (C=O) groups is 1. The number of aromatic nitrogens is 4. The summed E-state index contributed by atoms with van der Waals surface area (Å²) in [6.07, 6.45) is 0. The van der Waals surface area contributed by atoms with E-state index in [4.69, 9.17) is 9.47 Å². The highest BCUT2D eigenvalue weighted by molar-refractivity contribution is 7.99. The number of fused-ring (bicyclic) bond motifs is 3. The maximum absolute atomic E-state index is 12.9. The van der Waals surface area contributed by atoms with Gasteiger partial charge in [0.05, 0.1) is 25.5 Å². The molecule has 1 N–H and O–H groups in total. The van der Waals surface area contributed by atoms with Gasteiger partial charge >= 0.3 is 0 Å². The van der Waals surface area contributed by atoms with Crippen LogP contribution in [0, 0.1) is 5.92 Å². The van der Waals surface area contributed by atoms with Gasteiger partial charge in [0.25, 0.3) is 5.56 Å². The minimum Gasteiger partial charge on any atom is -0.497 e. The molecule has 3 heterocycles. The highest BCUT2D eigenvalue weighted by Gasteiger charge is 2.19. The van der Waals surface area contributed by atoms with E-state index in [-0.39, 0.29) is 23.1 Å². The molecule has 0 atom stereocenters. The van der Waals surface area contributed by atoms with Gasteiger partial charge in [-0.1, -0.05) is 25.6 Å². The topological polar surface area (TPSA) is 99.7 Å². The van der Waals surface area contributed by atoms with Gasteiger partial charge < -0.3 is 14.8 Å². The van der Waals surface area contributed by atoms with Crippen LogP contribution in [0.15, 0.2) is 39.6 Å². The summed E-state index contributed by atoms with van der Waals surface area (Å²) in [6, 6.07) is 7.05. The molecule has 0 bridgehead atoms. The lowest BCUT2D eigenvalue weighted by atomic mass is 10.2. The van der Waals surface area contributed by atoms with Gasteiger partial charge in [-0.2, -0.15) is 0 Å². The van der Waals surface area contributed by atoms with Gasteiger partial charge in [-0.15, -0.1) is 21.5 Å². The second-order valence-electron chi connectivity index (χ2n) is 7.50. The van der Waals surface area contributed by atoms with Crippen molar-refractivity contribution in [1.82, 2.24) is 19.2 Å². The normalized spacial score (nSPS) is 11.4. The van der Waals surface area contributed by atoms with Crippen LogP contribution in [0.2, 0.25) is 0 Å². The summed E-state index contributed by atoms with van der Waals surface area (Å²) in [4.78, 5) is 25.5. The molecule has 1 amide bonds. The van der Waals surface area contributed by atoms with E-state index in [1.54, 1.807) is 37.0 Å². The molecule has 9 nitrogen and oxygen atoms in total. The predicted octanol–water partition coefficient (Wildman–Crippen LogP) is 3.51. The van der Waals surface area contributed by atoms with Gasteiger partial charge in [0, 0.05) is 30.4 Å². The monoisotopic (exact) mass is 473 g/mol. The van der Waals surface area contributed by atoms with Gasteiger partial charge in [0.2, 0.25) is 11.7 Å². The summed E-state index contributed by atoms with van der Waals surface area (Å²) >= 11 is 2.65. The molecule has 4 rings (SSSR count). The van der Waals surface area contributed by atoms with Crippen molar-refractivity contribution in [3.8, 4) is 11.5 Å². The Hall–Kier alpha value is -3.05. The molecule has 1 aromatic carbocycles. The molecule has 0 aliphatic heterocycles. The Bertz CT molecular complexity index is 1320. The number of nitrogens with one attached hydrogen (secondary N) is 1. The van der Waals surface area contributed by atoms with E-state index in [1.807, 2.05) is 29.7 Å². The second kappa shape index (κ2) is 9.21. The second-order valence-corrected chi connectivity index (χ2v) is 9.36. The van der Waals surface area contributed by atoms with Crippen molar-refractivity contribution in [2.45, 2.75) is 25.5 Å². The third-order valence-electron chi connectivity index (χ3n) is 4.70. The van der Waals surface area contributed by atoms with Gasteiger partial charge in [-0.25, -0.2) is 0 Å². The van der Waals surface area contributed by atoms with Crippen molar-refractivity contribution in [3.63, 3.8) is 0 Å². The van der Waals surface area contributed by atoms with Gasteiger partial charge in [-0.3, -0.25) is 18.6 Å². The van der Waals surface area contributed by atoms with Crippen molar-refractivity contribution in [3.05, 3.63) is 40.0 Å². The largest absolute Gasteiger partial charge is 0.497 e. The average Bonchev–Trinajstić information content (AvgIpc) is 3.41. The lowest BCUT2D eigenvalue weighted by molar-refractivity contribution is -0.113. The van der Waals surface area contributed by atoms with Crippen LogP contribution in [0.3, 0.4) is 0 Å². The lowest BCUT2D eigenvalue weighted by Gasteiger charge is -2.11. The van der Waals surface area contributed by atoms with Crippen LogP contribution in [0.1, 0.15) is 13.8 Å². The average molecular weight is 474 g/mol. The Morgan fingerprint density at radius 3 is 2.56 bits per heavy atom. The van der Waals surface area contributed by atoms with Crippen LogP contribution in [0.25, 0.3) is 16.0 Å². The Kier molecular flexibility index (Phi) is 6.38. The molecule has 32 heavy (non-hydrogen) atoms. The van der Waals surface area contributed by atoms with E-state index in [0.29, 0.717) is 39.4 Å². The van der Waals surface area contributed by atoms with E-state index in [0.717, 1.165) is 5.52 Å². The van der Waals surface area contributed by atoms with E-state index in [9.17, 15) is 9.59 Å². The van der Waals surface area contributed by atoms with Crippen molar-refractivity contribution in [2.75, 3.05) is 25.3 Å². The zero-order valence-electron chi connectivity index (χ0n) is 18.1. The quantitative estimate of drug-likeness (QED) is 0.391. The summed E-state index contributed by atoms with van der Waals surface area (Å²) in [6.45, 7) is 4.63. The van der Waals surface area contributed by atoms with E-state index < -0.39 is 0 Å². The minimum absolute atomic E-state index is 0.0649. The molecule has 4 aromatic rings. The molecule has 0 saturated heterocycles. The molecule has 0 fully saturated rings. The molecular weight excluding hydrogens is 450 g/mol. The maximum atomic E-state index is 12.9. The van der Waals surface area contributed by atoms with Crippen LogP contribution < -0.4 is 20.3 Å². The first-order valence-electron chi connectivity index (χ1n) is 9.92. The van der Waals surface area contributed by atoms with Crippen molar-refractivity contribution >= 4 is 50.7 Å². The molecule has 0 spiro atoms. The summed E-state index contributed by atoms with van der Waals surface area (Å²) in [7, 11) is 3.10. The fourth-order valence-electron chi connectivity index (χ4n) is 3.33. The van der Waals surface area contributed by atoms with E-state index in [1.165, 1.54) is 23.1 Å². The number of thioether (sulfide) groups is 1. The van der Waals surface area contributed by atoms with Crippen LogP contribution in [0.4, 0.5) is 5.69 Å². The highest BCUT2D eigenvalue weighted by atomic mass is 32.2. The standard InChI is InChI=1S/C21H23N5O4S2/c1-12(2)10-25-19(28)18-16(5-6-31-18)26-20(25)23-24-21(26)32-11-17(27)22-13-7-14(29-3)9-15(8-13)30-4/h5-9,12H,10-11H2,1-4H3,(H,22,27). The fourth-order valence-corrected chi connectivity index (χ4v) is 4.89. The van der Waals surface area contributed by atoms with E-state index in [2.05, 4.69) is 15.5 Å². The summed E-state index contributed by atoms with van der Waals surface area (Å²) < 4.78 is 14.6. The molecule has 0 saturated carbocycles.